The van der Waals surface area contributed by atoms with Gasteiger partial charge < -0.3 is 10.2 Å². The average Bonchev–Trinajstić information content (AvgIpc) is 3.15. The van der Waals surface area contributed by atoms with Crippen LogP contribution in [0.1, 0.15) is 32.6 Å². The number of nitrogens with one attached hydrogen (secondary N) is 1. The predicted molar refractivity (Wildman–Crippen MR) is 138 cm³/mol. The predicted octanol–water partition coefficient (Wildman–Crippen LogP) is 4.37. The van der Waals surface area contributed by atoms with Gasteiger partial charge in [0, 0.05) is 73.2 Å². The molecule has 5 nitrogen and oxygen atoms in total. The van der Waals surface area contributed by atoms with Gasteiger partial charge in [0.1, 0.15) is 0 Å². The smallest absolute Gasteiger partial charge is 0.236 e. The zero-order valence-electron chi connectivity index (χ0n) is 19.1. The third-order valence-corrected chi connectivity index (χ3v) is 8.04. The Labute approximate surface area is 207 Å². The van der Waals surface area contributed by atoms with E-state index >= 15 is 0 Å². The maximum absolute atomic E-state index is 12.8. The molecule has 1 N–H and O–H groups in total. The lowest BCUT2D eigenvalue weighted by atomic mass is 9.91. The summed E-state index contributed by atoms with van der Waals surface area (Å²) >= 11 is 13.1. The van der Waals surface area contributed by atoms with Crippen molar-refractivity contribution in [1.82, 2.24) is 20.0 Å². The molecule has 0 aromatic carbocycles. The van der Waals surface area contributed by atoms with E-state index in [0.29, 0.717) is 17.5 Å². The van der Waals surface area contributed by atoms with Crippen LogP contribution in [-0.2, 0) is 4.79 Å². The summed E-state index contributed by atoms with van der Waals surface area (Å²) in [5.41, 5.74) is 1.31. The number of carbonyl (C=O) groups excluding carboxylic acids is 1. The van der Waals surface area contributed by atoms with Crippen molar-refractivity contribution in [2.45, 2.75) is 44.0 Å². The Kier molecular flexibility index (Phi) is 10.5. The average molecular weight is 500 g/mol. The fourth-order valence-electron chi connectivity index (χ4n) is 4.29. The van der Waals surface area contributed by atoms with Gasteiger partial charge in [-0.05, 0) is 25.8 Å². The lowest BCUT2D eigenvalue weighted by molar-refractivity contribution is -0.134. The van der Waals surface area contributed by atoms with Gasteiger partial charge in [-0.2, -0.15) is 0 Å². The largest absolute Gasteiger partial charge is 0.372 e. The number of hydrogen-bond acceptors (Lipinski definition) is 5. The van der Waals surface area contributed by atoms with Crippen LogP contribution in [0, 0.1) is 0 Å². The van der Waals surface area contributed by atoms with Gasteiger partial charge in [0.15, 0.2) is 0 Å². The van der Waals surface area contributed by atoms with E-state index in [1.54, 1.807) is 17.8 Å². The normalized spacial score (nSPS) is 25.2. The van der Waals surface area contributed by atoms with Gasteiger partial charge in [-0.25, -0.2) is 0 Å². The van der Waals surface area contributed by atoms with Crippen molar-refractivity contribution in [3.05, 3.63) is 46.5 Å². The molecule has 0 aromatic rings. The second kappa shape index (κ2) is 13.1. The first-order valence-corrected chi connectivity index (χ1v) is 13.4. The van der Waals surface area contributed by atoms with Gasteiger partial charge in [-0.15, -0.1) is 11.6 Å². The molecule has 32 heavy (non-hydrogen) atoms. The molecule has 1 atom stereocenters. The highest BCUT2D eigenvalue weighted by atomic mass is 35.5. The highest BCUT2D eigenvalue weighted by Crippen LogP contribution is 2.36. The number of hydrogen-bond donors (Lipinski definition) is 1. The van der Waals surface area contributed by atoms with Crippen LogP contribution in [0.25, 0.3) is 0 Å². The minimum Gasteiger partial charge on any atom is -0.372 e. The zero-order chi connectivity index (χ0) is 22.9. The fraction of sp³-hybridized carbons (Fsp3) is 0.625. The number of halogens is 2. The van der Waals surface area contributed by atoms with Crippen LogP contribution < -0.4 is 5.32 Å². The summed E-state index contributed by atoms with van der Waals surface area (Å²) in [4.78, 5) is 21.0. The first-order valence-electron chi connectivity index (χ1n) is 11.6. The molecule has 178 valence electrons. The molecule has 1 saturated heterocycles. The van der Waals surface area contributed by atoms with E-state index < -0.39 is 0 Å². The fourth-order valence-corrected chi connectivity index (χ4v) is 5.96. The number of nitrogens with zero attached hydrogens (tertiary/aromatic N) is 3. The quantitative estimate of drug-likeness (QED) is 0.334. The molecule has 2 fully saturated rings. The molecule has 1 amide bonds. The number of amides is 1. The van der Waals surface area contributed by atoms with E-state index in [-0.39, 0.29) is 11.3 Å². The van der Waals surface area contributed by atoms with E-state index in [0.717, 1.165) is 51.7 Å². The van der Waals surface area contributed by atoms with Crippen LogP contribution in [0.5, 0.6) is 0 Å². The number of carbonyl (C=O) groups is 1. The molecule has 4 rings (SSSR count). The Morgan fingerprint density at radius 2 is 2.00 bits per heavy atom. The Morgan fingerprint density at radius 3 is 2.56 bits per heavy atom. The molecule has 1 unspecified atom stereocenters. The summed E-state index contributed by atoms with van der Waals surface area (Å²) in [7, 11) is 0. The molecule has 0 radical (unpaired) electrons. The first-order chi connectivity index (χ1) is 15.5. The van der Waals surface area contributed by atoms with Crippen molar-refractivity contribution in [3.8, 4) is 0 Å². The second-order valence-corrected chi connectivity index (χ2v) is 10.5. The van der Waals surface area contributed by atoms with E-state index in [2.05, 4.69) is 26.6 Å². The highest BCUT2D eigenvalue weighted by molar-refractivity contribution is 8.04. The third kappa shape index (κ3) is 7.29. The molecule has 0 bridgehead atoms. The maximum atomic E-state index is 12.8. The number of allylic oxidation sites excluding steroid dienone is 4. The summed E-state index contributed by atoms with van der Waals surface area (Å²) < 4.78 is 0. The Hall–Kier alpha value is -0.920. The highest BCUT2D eigenvalue weighted by Gasteiger charge is 2.32. The van der Waals surface area contributed by atoms with Crippen LogP contribution in [-0.4, -0.2) is 83.7 Å². The number of piperazine rings is 1. The van der Waals surface area contributed by atoms with E-state index in [9.17, 15) is 4.79 Å². The standard InChI is InChI=1S/C20H29ClN4OS.C4H7Cl/c1-2-15(21)12-19-22-17-6-7-23(13-18(17)27-19)14-20(26)25-10-8-24(9-11-25)16-4-3-5-16;1-2-3-4-5/h2,12,16,19,22H,1,3-11,13-14H2;2-3H,4H2,1H3/b15-12-;3-2-. The molecular formula is C24H36Cl2N4OS. The van der Waals surface area contributed by atoms with Crippen molar-refractivity contribution in [3.63, 3.8) is 0 Å². The molecule has 4 aliphatic rings. The number of alkyl halides is 1. The van der Waals surface area contributed by atoms with Crippen LogP contribution in [0.4, 0.5) is 0 Å². The Morgan fingerprint density at radius 1 is 1.25 bits per heavy atom. The minimum absolute atomic E-state index is 0.177. The van der Waals surface area contributed by atoms with Crippen LogP contribution >= 0.6 is 35.0 Å². The van der Waals surface area contributed by atoms with Crippen LogP contribution in [0.2, 0.25) is 0 Å². The summed E-state index contributed by atoms with van der Waals surface area (Å²) in [6.07, 6.45) is 12.5. The Balaban J connectivity index is 0.000000523. The maximum Gasteiger partial charge on any atom is 0.236 e. The van der Waals surface area contributed by atoms with Gasteiger partial charge in [0.05, 0.1) is 11.9 Å². The number of rotatable bonds is 6. The zero-order valence-corrected chi connectivity index (χ0v) is 21.4. The van der Waals surface area contributed by atoms with Gasteiger partial charge in [-0.1, -0.05) is 54.6 Å². The molecule has 0 spiro atoms. The second-order valence-electron chi connectivity index (χ2n) is 8.53. The number of thioether (sulfide) groups is 1. The molecular weight excluding hydrogens is 463 g/mol. The summed E-state index contributed by atoms with van der Waals surface area (Å²) in [6.45, 7) is 11.8. The third-order valence-electron chi connectivity index (χ3n) is 6.41. The SMILES string of the molecule is C/C=C\CCl.C=C/C(Cl)=C/C1NC2=C(CN(CC(=O)N3CCN(C4CCC4)CC3)CC2)S1. The van der Waals surface area contributed by atoms with Crippen LogP contribution in [0.3, 0.4) is 0 Å². The lowest BCUT2D eigenvalue weighted by Gasteiger charge is -2.43. The Bertz CT molecular complexity index is 742. The topological polar surface area (TPSA) is 38.8 Å². The van der Waals surface area contributed by atoms with Crippen molar-refractivity contribution in [2.24, 2.45) is 0 Å². The van der Waals surface area contributed by atoms with Crippen molar-refractivity contribution in [1.29, 1.82) is 0 Å². The first kappa shape index (κ1) is 25.7. The van der Waals surface area contributed by atoms with Gasteiger partial charge >= 0.3 is 0 Å². The summed E-state index contributed by atoms with van der Waals surface area (Å²) in [6, 6.07) is 0.790. The van der Waals surface area contributed by atoms with Gasteiger partial charge in [-0.3, -0.25) is 14.6 Å². The molecule has 3 aliphatic heterocycles. The summed E-state index contributed by atoms with van der Waals surface area (Å²) in [5.74, 6) is 0.922. The monoisotopic (exact) mass is 498 g/mol. The van der Waals surface area contributed by atoms with E-state index in [1.165, 1.54) is 29.9 Å². The van der Waals surface area contributed by atoms with Gasteiger partial charge in [0.25, 0.3) is 0 Å². The van der Waals surface area contributed by atoms with Crippen molar-refractivity contribution < 1.29 is 4.79 Å². The molecule has 1 saturated carbocycles. The van der Waals surface area contributed by atoms with E-state index in [4.69, 9.17) is 23.2 Å². The van der Waals surface area contributed by atoms with Crippen molar-refractivity contribution >= 4 is 40.9 Å². The molecule has 3 heterocycles. The molecule has 0 aromatic heterocycles. The molecule has 8 heteroatoms. The lowest BCUT2D eigenvalue weighted by Crippen LogP contribution is -2.55. The van der Waals surface area contributed by atoms with E-state index in [1.807, 2.05) is 25.2 Å². The molecule has 1 aliphatic carbocycles. The van der Waals surface area contributed by atoms with Crippen molar-refractivity contribution in [2.75, 3.05) is 51.7 Å². The summed E-state index contributed by atoms with van der Waals surface area (Å²) in [5, 5.41) is 4.38. The minimum atomic E-state index is 0.177. The van der Waals surface area contributed by atoms with Gasteiger partial charge in [0.2, 0.25) is 5.91 Å². The van der Waals surface area contributed by atoms with Crippen LogP contribution in [0.15, 0.2) is 46.5 Å².